The third-order valence-corrected chi connectivity index (χ3v) is 5.28. The number of aromatic nitrogens is 1. The number of benzene rings is 1. The Labute approximate surface area is 168 Å². The second-order valence-electron chi connectivity index (χ2n) is 7.70. The number of aryl methyl sites for hydroxylation is 1. The number of carbonyl (C=O) groups is 3. The van der Waals surface area contributed by atoms with Gasteiger partial charge in [0.15, 0.2) is 5.78 Å². The van der Waals surface area contributed by atoms with Crippen LogP contribution in [0.2, 0.25) is 0 Å². The molecular formula is C21H23N3O5. The van der Waals surface area contributed by atoms with E-state index in [9.17, 15) is 24.5 Å². The molecule has 0 spiro atoms. The molecule has 0 atom stereocenters. The molecule has 8 heteroatoms. The maximum Gasteiger partial charge on any atom is 0.282 e. The van der Waals surface area contributed by atoms with Gasteiger partial charge < -0.3 is 4.57 Å². The molecule has 2 aromatic rings. The summed E-state index contributed by atoms with van der Waals surface area (Å²) in [5.41, 5.74) is 1.46. The molecule has 152 valence electrons. The lowest BCUT2D eigenvalue weighted by Gasteiger charge is -2.14. The number of nitro benzene ring substituents is 1. The van der Waals surface area contributed by atoms with E-state index in [0.717, 1.165) is 29.3 Å². The number of amides is 2. The predicted molar refractivity (Wildman–Crippen MR) is 106 cm³/mol. The second kappa shape index (κ2) is 7.62. The zero-order valence-corrected chi connectivity index (χ0v) is 16.9. The summed E-state index contributed by atoms with van der Waals surface area (Å²) >= 11 is 0. The van der Waals surface area contributed by atoms with Crippen LogP contribution in [0.5, 0.6) is 0 Å². The Bertz CT molecular complexity index is 1040. The molecule has 0 bridgehead atoms. The first kappa shape index (κ1) is 20.4. The summed E-state index contributed by atoms with van der Waals surface area (Å²) in [5, 5.41) is 11.2. The maximum absolute atomic E-state index is 12.9. The fraction of sp³-hybridized carbons (Fsp3) is 0.381. The van der Waals surface area contributed by atoms with E-state index in [0.29, 0.717) is 11.5 Å². The largest absolute Gasteiger partial charge is 0.348 e. The van der Waals surface area contributed by atoms with Gasteiger partial charge >= 0.3 is 0 Å². The molecule has 1 aromatic carbocycles. The highest BCUT2D eigenvalue weighted by molar-refractivity contribution is 6.24. The van der Waals surface area contributed by atoms with Crippen LogP contribution < -0.4 is 0 Å². The van der Waals surface area contributed by atoms with Gasteiger partial charge in [-0.2, -0.15) is 0 Å². The van der Waals surface area contributed by atoms with Crippen molar-refractivity contribution in [2.24, 2.45) is 5.92 Å². The molecule has 1 aliphatic heterocycles. The second-order valence-corrected chi connectivity index (χ2v) is 7.70. The number of Topliss-reactive ketones (excluding diaryl/α,β-unsaturated/α-hetero) is 1. The van der Waals surface area contributed by atoms with Gasteiger partial charge in [0, 0.05) is 29.6 Å². The number of hydrogen-bond acceptors (Lipinski definition) is 5. The van der Waals surface area contributed by atoms with E-state index in [2.05, 4.69) is 18.4 Å². The first-order chi connectivity index (χ1) is 13.6. The van der Waals surface area contributed by atoms with Crippen molar-refractivity contribution in [2.45, 2.75) is 40.7 Å². The molecule has 8 nitrogen and oxygen atoms in total. The Morgan fingerprint density at radius 2 is 1.86 bits per heavy atom. The van der Waals surface area contributed by atoms with Crippen molar-refractivity contribution < 1.29 is 19.3 Å². The van der Waals surface area contributed by atoms with Crippen LogP contribution in [0.25, 0.3) is 0 Å². The van der Waals surface area contributed by atoms with Gasteiger partial charge in [0.2, 0.25) is 0 Å². The molecule has 2 amide bonds. The van der Waals surface area contributed by atoms with Gasteiger partial charge in [-0.15, -0.1) is 0 Å². The zero-order valence-electron chi connectivity index (χ0n) is 16.9. The van der Waals surface area contributed by atoms with Crippen LogP contribution in [0.1, 0.15) is 62.7 Å². The van der Waals surface area contributed by atoms with Gasteiger partial charge in [-0.05, 0) is 38.3 Å². The van der Waals surface area contributed by atoms with Crippen LogP contribution in [0.15, 0.2) is 24.3 Å². The SMILES string of the molecule is Cc1cc(C(=O)CN2C(=O)c3cccc([N+](=O)[O-])c3C2=O)c(C)n1CCC(C)C. The summed E-state index contributed by atoms with van der Waals surface area (Å²) in [5.74, 6) is -1.34. The van der Waals surface area contributed by atoms with E-state index >= 15 is 0 Å². The summed E-state index contributed by atoms with van der Waals surface area (Å²) in [6, 6.07) is 5.66. The summed E-state index contributed by atoms with van der Waals surface area (Å²) < 4.78 is 2.06. The van der Waals surface area contributed by atoms with Crippen LogP contribution in [0.3, 0.4) is 0 Å². The first-order valence-corrected chi connectivity index (χ1v) is 9.47. The van der Waals surface area contributed by atoms with Crippen LogP contribution in [0.4, 0.5) is 5.69 Å². The van der Waals surface area contributed by atoms with E-state index in [-0.39, 0.29) is 16.9 Å². The summed E-state index contributed by atoms with van der Waals surface area (Å²) in [7, 11) is 0. The molecule has 0 saturated heterocycles. The minimum Gasteiger partial charge on any atom is -0.348 e. The van der Waals surface area contributed by atoms with E-state index < -0.39 is 29.0 Å². The van der Waals surface area contributed by atoms with Crippen LogP contribution in [0, 0.1) is 29.9 Å². The normalized spacial score (nSPS) is 13.3. The molecular weight excluding hydrogens is 374 g/mol. The van der Waals surface area contributed by atoms with Gasteiger partial charge in [-0.25, -0.2) is 0 Å². The summed E-state index contributed by atoms with van der Waals surface area (Å²) in [4.78, 5) is 49.5. The Morgan fingerprint density at radius 3 is 2.48 bits per heavy atom. The number of nitrogens with zero attached hydrogens (tertiary/aromatic N) is 3. The van der Waals surface area contributed by atoms with Crippen molar-refractivity contribution in [2.75, 3.05) is 6.54 Å². The van der Waals surface area contributed by atoms with Gasteiger partial charge in [-0.1, -0.05) is 19.9 Å². The van der Waals surface area contributed by atoms with Crippen molar-refractivity contribution in [3.63, 3.8) is 0 Å². The quantitative estimate of drug-likeness (QED) is 0.308. The number of hydrogen-bond donors (Lipinski definition) is 0. The maximum atomic E-state index is 12.9. The van der Waals surface area contributed by atoms with Crippen LogP contribution in [-0.2, 0) is 6.54 Å². The highest BCUT2D eigenvalue weighted by atomic mass is 16.6. The molecule has 0 N–H and O–H groups in total. The molecule has 3 rings (SSSR count). The predicted octanol–water partition coefficient (Wildman–Crippen LogP) is 3.54. The van der Waals surface area contributed by atoms with Gasteiger partial charge in [0.25, 0.3) is 17.5 Å². The van der Waals surface area contributed by atoms with Gasteiger partial charge in [0.1, 0.15) is 5.56 Å². The number of nitro groups is 1. The lowest BCUT2D eigenvalue weighted by Crippen LogP contribution is -2.35. The molecule has 1 aliphatic rings. The Balaban J connectivity index is 1.86. The summed E-state index contributed by atoms with van der Waals surface area (Å²) in [6.45, 7) is 8.34. The number of imide groups is 1. The van der Waals surface area contributed by atoms with E-state index in [1.54, 1.807) is 6.07 Å². The smallest absolute Gasteiger partial charge is 0.282 e. The third-order valence-electron chi connectivity index (χ3n) is 5.28. The number of ketones is 1. The monoisotopic (exact) mass is 397 g/mol. The minimum atomic E-state index is -0.806. The fourth-order valence-electron chi connectivity index (χ4n) is 3.66. The van der Waals surface area contributed by atoms with Gasteiger partial charge in [0.05, 0.1) is 17.0 Å². The number of carbonyl (C=O) groups excluding carboxylic acids is 3. The van der Waals surface area contributed by atoms with E-state index in [1.165, 1.54) is 18.2 Å². The molecule has 0 aliphatic carbocycles. The first-order valence-electron chi connectivity index (χ1n) is 9.47. The summed E-state index contributed by atoms with van der Waals surface area (Å²) in [6.07, 6.45) is 0.964. The molecule has 1 aromatic heterocycles. The number of rotatable bonds is 7. The zero-order chi connectivity index (χ0) is 21.5. The van der Waals surface area contributed by atoms with Crippen molar-refractivity contribution in [3.05, 3.63) is 62.5 Å². The lowest BCUT2D eigenvalue weighted by molar-refractivity contribution is -0.385. The highest BCUT2D eigenvalue weighted by Gasteiger charge is 2.41. The van der Waals surface area contributed by atoms with Crippen molar-refractivity contribution in [3.8, 4) is 0 Å². The minimum absolute atomic E-state index is 0.0422. The van der Waals surface area contributed by atoms with Crippen molar-refractivity contribution in [1.82, 2.24) is 9.47 Å². The average molecular weight is 397 g/mol. The Hall–Kier alpha value is -3.29. The fourth-order valence-corrected chi connectivity index (χ4v) is 3.66. The third kappa shape index (κ3) is 3.57. The van der Waals surface area contributed by atoms with E-state index in [4.69, 9.17) is 0 Å². The Kier molecular flexibility index (Phi) is 5.37. The van der Waals surface area contributed by atoms with Gasteiger partial charge in [-0.3, -0.25) is 29.4 Å². The standard InChI is InChI=1S/C21H23N3O5/c1-12(2)8-9-22-13(3)10-16(14(22)4)18(25)11-23-20(26)15-6-5-7-17(24(28)29)19(15)21(23)27/h5-7,10,12H,8-9,11H2,1-4H3. The lowest BCUT2D eigenvalue weighted by atomic mass is 10.1. The molecule has 0 radical (unpaired) electrons. The van der Waals surface area contributed by atoms with Crippen LogP contribution in [-0.4, -0.2) is 38.5 Å². The highest BCUT2D eigenvalue weighted by Crippen LogP contribution is 2.31. The van der Waals surface area contributed by atoms with Crippen molar-refractivity contribution in [1.29, 1.82) is 0 Å². The molecule has 2 heterocycles. The molecule has 0 unspecified atom stereocenters. The van der Waals surface area contributed by atoms with E-state index in [1.807, 2.05) is 13.8 Å². The van der Waals surface area contributed by atoms with Crippen LogP contribution >= 0.6 is 0 Å². The van der Waals surface area contributed by atoms with Crippen molar-refractivity contribution >= 4 is 23.3 Å². The number of fused-ring (bicyclic) bond motifs is 1. The topological polar surface area (TPSA) is 103 Å². The Morgan fingerprint density at radius 1 is 1.17 bits per heavy atom. The molecule has 0 fully saturated rings. The average Bonchev–Trinajstić information content (AvgIpc) is 3.08. The molecule has 0 saturated carbocycles. The molecule has 29 heavy (non-hydrogen) atoms.